The van der Waals surface area contributed by atoms with Crippen molar-refractivity contribution in [1.29, 1.82) is 0 Å². The summed E-state index contributed by atoms with van der Waals surface area (Å²) in [5, 5.41) is 5.97. The first-order valence-electron chi connectivity index (χ1n) is 7.72. The van der Waals surface area contributed by atoms with Crippen LogP contribution in [0.4, 0.5) is 5.82 Å². The highest BCUT2D eigenvalue weighted by Crippen LogP contribution is 2.13. The Morgan fingerprint density at radius 3 is 2.87 bits per heavy atom. The van der Waals surface area contributed by atoms with Crippen molar-refractivity contribution in [2.45, 2.75) is 18.9 Å². The maximum Gasteiger partial charge on any atom is 0.251 e. The lowest BCUT2D eigenvalue weighted by Gasteiger charge is -2.12. The van der Waals surface area contributed by atoms with Crippen LogP contribution in [0.25, 0.3) is 0 Å². The van der Waals surface area contributed by atoms with Gasteiger partial charge in [0.1, 0.15) is 5.82 Å². The second-order valence-electron chi connectivity index (χ2n) is 6.09. The maximum atomic E-state index is 12.2. The molecule has 1 aromatic heterocycles. The molecule has 2 heterocycles. The van der Waals surface area contributed by atoms with Gasteiger partial charge in [-0.2, -0.15) is 0 Å². The first kappa shape index (κ1) is 17.7. The molecule has 1 unspecified atom stereocenters. The van der Waals surface area contributed by atoms with Crippen LogP contribution in [0.3, 0.4) is 0 Å². The van der Waals surface area contributed by atoms with Crippen molar-refractivity contribution in [2.24, 2.45) is 0 Å². The third-order valence-electron chi connectivity index (χ3n) is 3.68. The average molecular weight is 340 g/mol. The molecule has 0 aromatic carbocycles. The summed E-state index contributed by atoms with van der Waals surface area (Å²) in [6.07, 6.45) is 3.04. The predicted molar refractivity (Wildman–Crippen MR) is 90.4 cm³/mol. The van der Waals surface area contributed by atoms with Crippen molar-refractivity contribution in [3.05, 3.63) is 23.9 Å². The zero-order valence-corrected chi connectivity index (χ0v) is 14.4. The minimum Gasteiger partial charge on any atom is -0.370 e. The summed E-state index contributed by atoms with van der Waals surface area (Å²) < 4.78 is 22.9. The van der Waals surface area contributed by atoms with Gasteiger partial charge in [0.2, 0.25) is 0 Å². The highest BCUT2D eigenvalue weighted by atomic mass is 32.2. The lowest BCUT2D eigenvalue weighted by molar-refractivity contribution is 0.0941. The molecule has 0 saturated carbocycles. The van der Waals surface area contributed by atoms with Crippen LogP contribution in [-0.2, 0) is 9.84 Å². The van der Waals surface area contributed by atoms with Crippen LogP contribution in [0.1, 0.15) is 23.2 Å². The lowest BCUT2D eigenvalue weighted by Crippen LogP contribution is -2.35. The standard InChI is InChI=1S/C15H24N4O3S/c1-19(2)8-3-6-16-14-10-12(4-7-17-14)15(20)18-13-5-9-23(21,22)11-13/h4,7,10,13H,3,5-6,8-9,11H2,1-2H3,(H,16,17)(H,18,20). The van der Waals surface area contributed by atoms with Gasteiger partial charge in [0, 0.05) is 24.3 Å². The van der Waals surface area contributed by atoms with Crippen LogP contribution in [0, 0.1) is 0 Å². The Morgan fingerprint density at radius 1 is 1.43 bits per heavy atom. The van der Waals surface area contributed by atoms with E-state index in [9.17, 15) is 13.2 Å². The number of nitrogens with zero attached hydrogens (tertiary/aromatic N) is 2. The summed E-state index contributed by atoms with van der Waals surface area (Å²) in [6, 6.07) is 3.02. The molecule has 0 aliphatic carbocycles. The maximum absolute atomic E-state index is 12.2. The second kappa shape index (κ2) is 7.74. The molecule has 0 radical (unpaired) electrons. The van der Waals surface area contributed by atoms with Crippen molar-refractivity contribution in [3.8, 4) is 0 Å². The van der Waals surface area contributed by atoms with E-state index >= 15 is 0 Å². The summed E-state index contributed by atoms with van der Waals surface area (Å²) in [7, 11) is 1.04. The largest absolute Gasteiger partial charge is 0.370 e. The van der Waals surface area contributed by atoms with E-state index in [4.69, 9.17) is 0 Å². The molecule has 1 atom stereocenters. The first-order chi connectivity index (χ1) is 10.9. The normalized spacial score (nSPS) is 19.7. The van der Waals surface area contributed by atoms with Gasteiger partial charge in [0.15, 0.2) is 9.84 Å². The summed E-state index contributed by atoms with van der Waals surface area (Å²) >= 11 is 0. The van der Waals surface area contributed by atoms with Crippen LogP contribution < -0.4 is 10.6 Å². The van der Waals surface area contributed by atoms with Gasteiger partial charge in [-0.3, -0.25) is 4.79 Å². The molecule has 1 saturated heterocycles. The number of hydrogen-bond acceptors (Lipinski definition) is 6. The molecule has 1 amide bonds. The Hall–Kier alpha value is -1.67. The van der Waals surface area contributed by atoms with Crippen LogP contribution >= 0.6 is 0 Å². The minimum absolute atomic E-state index is 0.0272. The molecular formula is C15H24N4O3S. The number of aromatic nitrogens is 1. The molecule has 0 bridgehead atoms. The van der Waals surface area contributed by atoms with Gasteiger partial charge in [0.25, 0.3) is 5.91 Å². The molecule has 1 fully saturated rings. The molecule has 0 spiro atoms. The van der Waals surface area contributed by atoms with Gasteiger partial charge in [-0.15, -0.1) is 0 Å². The minimum atomic E-state index is -3.00. The van der Waals surface area contributed by atoms with Crippen molar-refractivity contribution in [1.82, 2.24) is 15.2 Å². The van der Waals surface area contributed by atoms with E-state index in [2.05, 4.69) is 20.5 Å². The summed E-state index contributed by atoms with van der Waals surface area (Å²) in [5.41, 5.74) is 0.486. The summed E-state index contributed by atoms with van der Waals surface area (Å²) in [5.74, 6) is 0.563. The van der Waals surface area contributed by atoms with E-state index in [1.165, 1.54) is 0 Å². The molecule has 1 aliphatic heterocycles. The number of sulfone groups is 1. The molecule has 7 nitrogen and oxygen atoms in total. The van der Waals surface area contributed by atoms with Gasteiger partial charge >= 0.3 is 0 Å². The third kappa shape index (κ3) is 5.80. The van der Waals surface area contributed by atoms with E-state index in [1.54, 1.807) is 18.3 Å². The van der Waals surface area contributed by atoms with Gasteiger partial charge in [0.05, 0.1) is 11.5 Å². The Morgan fingerprint density at radius 2 is 2.22 bits per heavy atom. The number of rotatable bonds is 7. The molecule has 2 rings (SSSR count). The van der Waals surface area contributed by atoms with Crippen molar-refractivity contribution in [3.63, 3.8) is 0 Å². The smallest absolute Gasteiger partial charge is 0.251 e. The fourth-order valence-corrected chi connectivity index (χ4v) is 4.13. The van der Waals surface area contributed by atoms with Crippen molar-refractivity contribution >= 4 is 21.6 Å². The summed E-state index contributed by atoms with van der Waals surface area (Å²) in [4.78, 5) is 18.5. The molecule has 8 heteroatoms. The zero-order chi connectivity index (χ0) is 16.9. The van der Waals surface area contributed by atoms with Gasteiger partial charge in [-0.1, -0.05) is 0 Å². The number of carbonyl (C=O) groups is 1. The van der Waals surface area contributed by atoms with Gasteiger partial charge in [-0.25, -0.2) is 13.4 Å². The zero-order valence-electron chi connectivity index (χ0n) is 13.6. The first-order valence-corrected chi connectivity index (χ1v) is 9.54. The fourth-order valence-electron chi connectivity index (χ4n) is 2.46. The quantitative estimate of drug-likeness (QED) is 0.697. The Bertz CT molecular complexity index is 646. The number of nitrogens with one attached hydrogen (secondary N) is 2. The SMILES string of the molecule is CN(C)CCCNc1cc(C(=O)NC2CCS(=O)(=O)C2)ccn1. The molecule has 2 N–H and O–H groups in total. The molecule has 128 valence electrons. The Labute approximate surface area is 137 Å². The van der Waals surface area contributed by atoms with Crippen LogP contribution in [0.15, 0.2) is 18.3 Å². The third-order valence-corrected chi connectivity index (χ3v) is 5.45. The topological polar surface area (TPSA) is 91.4 Å². The molecular weight excluding hydrogens is 316 g/mol. The lowest BCUT2D eigenvalue weighted by atomic mass is 10.2. The molecule has 1 aliphatic rings. The number of pyridine rings is 1. The van der Waals surface area contributed by atoms with Gasteiger partial charge in [-0.05, 0) is 45.6 Å². The monoisotopic (exact) mass is 340 g/mol. The van der Waals surface area contributed by atoms with E-state index in [-0.39, 0.29) is 23.5 Å². The Balaban J connectivity index is 1.87. The average Bonchev–Trinajstić information content (AvgIpc) is 2.82. The highest BCUT2D eigenvalue weighted by molar-refractivity contribution is 7.91. The van der Waals surface area contributed by atoms with E-state index in [0.717, 1.165) is 19.5 Å². The molecule has 1 aromatic rings. The van der Waals surface area contributed by atoms with E-state index in [0.29, 0.717) is 17.8 Å². The van der Waals surface area contributed by atoms with Gasteiger partial charge < -0.3 is 15.5 Å². The van der Waals surface area contributed by atoms with Crippen molar-refractivity contribution in [2.75, 3.05) is 44.0 Å². The summed E-state index contributed by atoms with van der Waals surface area (Å²) in [6.45, 7) is 1.75. The number of hydrogen-bond donors (Lipinski definition) is 2. The Kier molecular flexibility index (Phi) is 5.95. The second-order valence-corrected chi connectivity index (χ2v) is 8.32. The van der Waals surface area contributed by atoms with E-state index in [1.807, 2.05) is 14.1 Å². The van der Waals surface area contributed by atoms with E-state index < -0.39 is 9.84 Å². The molecule has 23 heavy (non-hydrogen) atoms. The fraction of sp³-hybridized carbons (Fsp3) is 0.600. The van der Waals surface area contributed by atoms with Crippen LogP contribution in [-0.4, -0.2) is 68.9 Å². The van der Waals surface area contributed by atoms with Crippen LogP contribution in [0.5, 0.6) is 0 Å². The number of carbonyl (C=O) groups excluding carboxylic acids is 1. The number of amides is 1. The van der Waals surface area contributed by atoms with Crippen LogP contribution in [0.2, 0.25) is 0 Å². The predicted octanol–water partition coefficient (Wildman–Crippen LogP) is 0.362. The highest BCUT2D eigenvalue weighted by Gasteiger charge is 2.29. The number of anilines is 1. The van der Waals surface area contributed by atoms with Crippen molar-refractivity contribution < 1.29 is 13.2 Å².